The van der Waals surface area contributed by atoms with Gasteiger partial charge in [0.1, 0.15) is 0 Å². The van der Waals surface area contributed by atoms with Crippen LogP contribution in [-0.2, 0) is 95.2 Å². The molecule has 6 aliphatic rings. The van der Waals surface area contributed by atoms with E-state index >= 15 is 0 Å². The van der Waals surface area contributed by atoms with E-state index in [1.165, 1.54) is 25.0 Å². The maximum Gasteiger partial charge on any atom is 0.339 e. The minimum absolute atomic E-state index is 0.0821. The third-order valence-corrected chi connectivity index (χ3v) is 16.2. The SMILES string of the molecule is COC(=O)[C@H]1O[C@@H](O[C@H]2CC[C@@]3(C)C(=CC=C4[C@@H]5CC[C@H]([C@H](C)CCCC(C)(C)O[C@@H]6O[C@H](C(=O)OC)[C@@H](OC(C)=O)[C@H](OC(C)=O)[C@H]6OC(C)=O)[C@@]5(C)CC[C@@H]43)C2)[C@H](OC(C)=O)[C@@H](OC(C)=O)[C@@H]1OC(C)=O. The molecule has 2 aliphatic heterocycles. The second kappa shape index (κ2) is 23.3. The molecule has 408 valence electrons. The molecule has 3 saturated carbocycles. The molecule has 0 aromatic carbocycles. The summed E-state index contributed by atoms with van der Waals surface area (Å²) in [5.41, 5.74) is 1.80. The molecule has 0 unspecified atom stereocenters. The Labute approximate surface area is 427 Å². The van der Waals surface area contributed by atoms with E-state index in [0.29, 0.717) is 42.9 Å². The Morgan fingerprint density at radius 3 is 1.60 bits per heavy atom. The lowest BCUT2D eigenvalue weighted by Gasteiger charge is -2.55. The molecule has 4 aliphatic carbocycles. The molecule has 0 amide bonds. The number of methoxy groups -OCH3 is 2. The van der Waals surface area contributed by atoms with Gasteiger partial charge in [0.15, 0.2) is 61.4 Å². The number of carbonyl (C=O) groups is 8. The Balaban J connectivity index is 1.13. The molecule has 0 radical (unpaired) electrons. The van der Waals surface area contributed by atoms with Crippen LogP contribution in [0.1, 0.15) is 140 Å². The fraction of sp³-hybridized carbons (Fsp3) is 0.774. The van der Waals surface area contributed by atoms with Crippen molar-refractivity contribution in [1.82, 2.24) is 0 Å². The second-order valence-corrected chi connectivity index (χ2v) is 21.7. The van der Waals surface area contributed by atoms with E-state index in [0.717, 1.165) is 86.9 Å². The van der Waals surface area contributed by atoms with Crippen LogP contribution in [0.4, 0.5) is 0 Å². The topological polar surface area (TPSA) is 247 Å². The highest BCUT2D eigenvalue weighted by Crippen LogP contribution is 2.66. The van der Waals surface area contributed by atoms with Crippen molar-refractivity contribution in [2.75, 3.05) is 14.2 Å². The molecule has 0 N–H and O–H groups in total. The first-order valence-corrected chi connectivity index (χ1v) is 25.5. The van der Waals surface area contributed by atoms with E-state index in [4.69, 9.17) is 56.8 Å². The van der Waals surface area contributed by atoms with Crippen molar-refractivity contribution in [2.45, 2.75) is 213 Å². The number of hydrogen-bond donors (Lipinski definition) is 0. The van der Waals surface area contributed by atoms with Crippen LogP contribution in [0.5, 0.6) is 0 Å². The van der Waals surface area contributed by atoms with E-state index < -0.39 is 121 Å². The second-order valence-electron chi connectivity index (χ2n) is 21.7. The van der Waals surface area contributed by atoms with Gasteiger partial charge in [0.25, 0.3) is 0 Å². The summed E-state index contributed by atoms with van der Waals surface area (Å²) in [5.74, 6) is -4.75. The lowest BCUT2D eigenvalue weighted by atomic mass is 9.50. The molecule has 20 nitrogen and oxygen atoms in total. The van der Waals surface area contributed by atoms with Crippen molar-refractivity contribution in [3.05, 3.63) is 23.3 Å². The summed E-state index contributed by atoms with van der Waals surface area (Å²) in [5, 5.41) is 0. The molecular formula is C53H76O20. The van der Waals surface area contributed by atoms with E-state index in [9.17, 15) is 38.4 Å². The van der Waals surface area contributed by atoms with Gasteiger partial charge in [0.05, 0.1) is 25.9 Å². The van der Waals surface area contributed by atoms with Crippen molar-refractivity contribution in [3.8, 4) is 0 Å². The molecule has 73 heavy (non-hydrogen) atoms. The summed E-state index contributed by atoms with van der Waals surface area (Å²) in [7, 11) is 2.29. The molecule has 0 aromatic rings. The maximum atomic E-state index is 13.0. The summed E-state index contributed by atoms with van der Waals surface area (Å²) >= 11 is 0. The zero-order valence-electron chi connectivity index (χ0n) is 44.6. The highest BCUT2D eigenvalue weighted by molar-refractivity contribution is 5.78. The lowest BCUT2D eigenvalue weighted by molar-refractivity contribution is -0.321. The van der Waals surface area contributed by atoms with Crippen LogP contribution in [0, 0.1) is 34.5 Å². The number of carbonyl (C=O) groups excluding carboxylic acids is 8. The lowest BCUT2D eigenvalue weighted by Crippen LogP contribution is -2.64. The van der Waals surface area contributed by atoms with E-state index in [2.05, 4.69) is 32.9 Å². The first-order chi connectivity index (χ1) is 34.2. The summed E-state index contributed by atoms with van der Waals surface area (Å²) in [6.45, 7) is 17.8. The summed E-state index contributed by atoms with van der Waals surface area (Å²) in [4.78, 5) is 99.8. The maximum absolute atomic E-state index is 13.0. The Morgan fingerprint density at radius 1 is 0.616 bits per heavy atom. The molecular weight excluding hydrogens is 957 g/mol. The van der Waals surface area contributed by atoms with Crippen LogP contribution in [0.3, 0.4) is 0 Å². The first kappa shape index (κ1) is 57.4. The zero-order valence-corrected chi connectivity index (χ0v) is 44.6. The summed E-state index contributed by atoms with van der Waals surface area (Å²) in [6.07, 6.45) is -1.76. The monoisotopic (exact) mass is 1030 g/mol. The van der Waals surface area contributed by atoms with Crippen LogP contribution >= 0.6 is 0 Å². The van der Waals surface area contributed by atoms with Gasteiger partial charge in [-0.15, -0.1) is 0 Å². The largest absolute Gasteiger partial charge is 0.467 e. The minimum atomic E-state index is -1.55. The molecule has 2 heterocycles. The van der Waals surface area contributed by atoms with E-state index in [1.54, 1.807) is 0 Å². The van der Waals surface area contributed by atoms with Gasteiger partial charge in [-0.05, 0) is 99.7 Å². The predicted molar refractivity (Wildman–Crippen MR) is 253 cm³/mol. The summed E-state index contributed by atoms with van der Waals surface area (Å²) < 4.78 is 68.3. The van der Waals surface area contributed by atoms with Gasteiger partial charge in [-0.3, -0.25) is 28.8 Å². The number of hydrogen-bond acceptors (Lipinski definition) is 20. The number of rotatable bonds is 17. The molecule has 0 aromatic heterocycles. The fourth-order valence-corrected chi connectivity index (χ4v) is 13.0. The van der Waals surface area contributed by atoms with Gasteiger partial charge in [0, 0.05) is 41.5 Å². The molecule has 17 atom stereocenters. The van der Waals surface area contributed by atoms with Gasteiger partial charge in [-0.2, -0.15) is 0 Å². The van der Waals surface area contributed by atoms with E-state index in [-0.39, 0.29) is 10.8 Å². The predicted octanol–water partition coefficient (Wildman–Crippen LogP) is 5.86. The normalized spacial score (nSPS) is 36.2. The van der Waals surface area contributed by atoms with Crippen LogP contribution in [0.2, 0.25) is 0 Å². The van der Waals surface area contributed by atoms with Crippen LogP contribution in [0.15, 0.2) is 23.3 Å². The minimum Gasteiger partial charge on any atom is -0.467 e. The van der Waals surface area contributed by atoms with Gasteiger partial charge < -0.3 is 56.8 Å². The molecule has 2 saturated heterocycles. The molecule has 20 heteroatoms. The standard InChI is InChI=1S/C53H76O20/c1-26(15-14-22-51(8,9)73-50-46(69-32(7)59)42(67-30(5)57)40(65-28(3)55)44(72-50)48(61)63-13)36-18-19-37-35-17-16-33-25-34(20-23-52(33,10)38(35)21-24-53(36,37)11)70-49-45(68-31(6)58)41(66-29(4)56)39(64-27(2)54)43(71-49)47(60)62-12/h16-17,26,34,36-46,49-50H,14-15,18-25H2,1-13H3/t26-,34+,36-,37+,38+,39+,40+,41+,42+,43+,44+,45-,46-,49-,50+,52+,53-/m1/s1. The molecule has 5 fully saturated rings. The van der Waals surface area contributed by atoms with Crippen LogP contribution in [0.25, 0.3) is 0 Å². The van der Waals surface area contributed by atoms with Crippen LogP contribution in [-0.4, -0.2) is 135 Å². The number of ether oxygens (including phenoxy) is 12. The highest BCUT2D eigenvalue weighted by Gasteiger charge is 2.60. The Morgan fingerprint density at radius 2 is 1.10 bits per heavy atom. The Hall–Kier alpha value is -4.92. The van der Waals surface area contributed by atoms with Crippen molar-refractivity contribution in [1.29, 1.82) is 0 Å². The van der Waals surface area contributed by atoms with Crippen molar-refractivity contribution in [3.63, 3.8) is 0 Å². The summed E-state index contributed by atoms with van der Waals surface area (Å²) in [6, 6.07) is 0. The van der Waals surface area contributed by atoms with Crippen molar-refractivity contribution >= 4 is 47.8 Å². The van der Waals surface area contributed by atoms with Crippen molar-refractivity contribution in [2.24, 2.45) is 34.5 Å². The zero-order chi connectivity index (χ0) is 53.9. The Bertz CT molecular complexity index is 2170. The molecule has 6 rings (SSSR count). The molecule has 0 spiro atoms. The number of esters is 8. The number of allylic oxidation sites excluding steroid dienone is 3. The fourth-order valence-electron chi connectivity index (χ4n) is 13.0. The molecule has 0 bridgehead atoms. The smallest absolute Gasteiger partial charge is 0.339 e. The van der Waals surface area contributed by atoms with Gasteiger partial charge in [-0.1, -0.05) is 56.9 Å². The van der Waals surface area contributed by atoms with E-state index in [1.807, 2.05) is 13.8 Å². The first-order valence-electron chi connectivity index (χ1n) is 25.5. The third-order valence-electron chi connectivity index (χ3n) is 16.2. The average molecular weight is 1030 g/mol. The third kappa shape index (κ3) is 12.8. The Kier molecular flexibility index (Phi) is 18.3. The average Bonchev–Trinajstić information content (AvgIpc) is 3.65. The van der Waals surface area contributed by atoms with Gasteiger partial charge in [-0.25, -0.2) is 9.59 Å². The van der Waals surface area contributed by atoms with Gasteiger partial charge in [0.2, 0.25) is 0 Å². The highest BCUT2D eigenvalue weighted by atomic mass is 16.8. The quantitative estimate of drug-likeness (QED) is 0.122. The van der Waals surface area contributed by atoms with Gasteiger partial charge >= 0.3 is 47.8 Å². The van der Waals surface area contributed by atoms with Crippen molar-refractivity contribution < 1.29 is 95.2 Å². The number of fused-ring (bicyclic) bond motifs is 5. The van der Waals surface area contributed by atoms with Crippen LogP contribution < -0.4 is 0 Å².